The summed E-state index contributed by atoms with van der Waals surface area (Å²) < 4.78 is 76.1. The summed E-state index contributed by atoms with van der Waals surface area (Å²) in [5, 5.41) is 0. The van der Waals surface area contributed by atoms with E-state index in [1.165, 1.54) is 0 Å². The molecule has 0 fully saturated rings. The number of hydrogen-bond acceptors (Lipinski definition) is 2. The first kappa shape index (κ1) is 19.8. The fourth-order valence-electron chi connectivity index (χ4n) is 1.71. The van der Waals surface area contributed by atoms with Crippen LogP contribution in [0, 0.1) is 5.92 Å². The topological polar surface area (TPSA) is 58.2 Å². The second-order valence-corrected chi connectivity index (χ2v) is 5.39. The number of rotatable bonds is 3. The van der Waals surface area contributed by atoms with Crippen LogP contribution in [0.3, 0.4) is 0 Å². The van der Waals surface area contributed by atoms with E-state index in [-0.39, 0.29) is 30.5 Å². The lowest BCUT2D eigenvalue weighted by molar-refractivity contribution is -0.143. The highest BCUT2D eigenvalue weighted by molar-refractivity contribution is 5.95. The molecule has 134 valence electrons. The molecule has 0 unspecified atom stereocenters. The Hall–Kier alpha value is -2.26. The van der Waals surface area contributed by atoms with Crippen molar-refractivity contribution in [3.63, 3.8) is 0 Å². The molecule has 4 nitrogen and oxygen atoms in total. The quantitative estimate of drug-likeness (QED) is 0.643. The number of benzene rings is 1. The first-order chi connectivity index (χ1) is 10.8. The van der Waals surface area contributed by atoms with Crippen molar-refractivity contribution in [3.05, 3.63) is 34.9 Å². The van der Waals surface area contributed by atoms with E-state index in [1.54, 1.807) is 19.3 Å². The largest absolute Gasteiger partial charge is 0.416 e. The molecule has 2 amide bonds. The second-order valence-electron chi connectivity index (χ2n) is 5.39. The summed E-state index contributed by atoms with van der Waals surface area (Å²) in [5.41, 5.74) is -0.387. The van der Waals surface area contributed by atoms with Gasteiger partial charge >= 0.3 is 12.4 Å². The molecule has 0 aliphatic carbocycles. The van der Waals surface area contributed by atoms with Crippen LogP contribution in [-0.4, -0.2) is 11.8 Å². The number of carbonyl (C=O) groups is 2. The normalized spacial score (nSPS) is 12.2. The molecule has 0 saturated heterocycles. The van der Waals surface area contributed by atoms with Gasteiger partial charge in [0.15, 0.2) is 0 Å². The van der Waals surface area contributed by atoms with Gasteiger partial charge in [-0.15, -0.1) is 0 Å². The lowest BCUT2D eigenvalue weighted by Gasteiger charge is -2.14. The van der Waals surface area contributed by atoms with Gasteiger partial charge < -0.3 is 0 Å². The number of halogens is 6. The Balaban J connectivity index is 3.05. The highest BCUT2D eigenvalue weighted by Gasteiger charge is 2.37. The molecule has 1 aromatic carbocycles. The van der Waals surface area contributed by atoms with Gasteiger partial charge in [0.1, 0.15) is 0 Å². The van der Waals surface area contributed by atoms with Crippen molar-refractivity contribution in [2.75, 3.05) is 0 Å². The van der Waals surface area contributed by atoms with Gasteiger partial charge in [0.25, 0.3) is 5.91 Å². The maximum absolute atomic E-state index is 12.7. The maximum Gasteiger partial charge on any atom is 0.416 e. The van der Waals surface area contributed by atoms with E-state index in [2.05, 4.69) is 0 Å². The van der Waals surface area contributed by atoms with Crippen LogP contribution in [0.25, 0.3) is 0 Å². The van der Waals surface area contributed by atoms with Crippen LogP contribution in [-0.2, 0) is 17.1 Å². The maximum atomic E-state index is 12.7. The number of alkyl halides is 6. The van der Waals surface area contributed by atoms with E-state index in [1.807, 2.05) is 5.43 Å². The molecule has 0 heterocycles. The van der Waals surface area contributed by atoms with Gasteiger partial charge in [0, 0.05) is 12.0 Å². The summed E-state index contributed by atoms with van der Waals surface area (Å²) in [6.07, 6.45) is -10.1. The lowest BCUT2D eigenvalue weighted by Crippen LogP contribution is -2.42. The summed E-state index contributed by atoms with van der Waals surface area (Å²) in [5.74, 6) is -1.96. The monoisotopic (exact) mass is 356 g/mol. The van der Waals surface area contributed by atoms with Gasteiger partial charge in [-0.1, -0.05) is 13.8 Å². The Bertz CT molecular complexity index is 590. The predicted molar refractivity (Wildman–Crippen MR) is 71.5 cm³/mol. The number of carbonyl (C=O) groups excluding carboxylic acids is 2. The molecule has 1 rings (SSSR count). The Labute approximate surface area is 133 Å². The third-order valence-electron chi connectivity index (χ3n) is 2.76. The van der Waals surface area contributed by atoms with Crippen LogP contribution < -0.4 is 10.9 Å². The van der Waals surface area contributed by atoms with E-state index in [9.17, 15) is 35.9 Å². The first-order valence-electron chi connectivity index (χ1n) is 6.69. The highest BCUT2D eigenvalue weighted by atomic mass is 19.4. The lowest BCUT2D eigenvalue weighted by atomic mass is 10.0. The Morgan fingerprint density at radius 1 is 0.917 bits per heavy atom. The Morgan fingerprint density at radius 3 is 1.75 bits per heavy atom. The van der Waals surface area contributed by atoms with Gasteiger partial charge in [0.05, 0.1) is 11.1 Å². The van der Waals surface area contributed by atoms with E-state index in [0.717, 1.165) is 0 Å². The van der Waals surface area contributed by atoms with Crippen LogP contribution in [0.5, 0.6) is 0 Å². The molecule has 0 bridgehead atoms. The average Bonchev–Trinajstić information content (AvgIpc) is 2.41. The minimum absolute atomic E-state index is 0.0245. The van der Waals surface area contributed by atoms with Crippen molar-refractivity contribution in [1.82, 2.24) is 10.9 Å². The number of hydrazine groups is 1. The Kier molecular flexibility index (Phi) is 5.85. The molecule has 0 aliphatic heterocycles. The molecular formula is C14H14F6N2O2. The van der Waals surface area contributed by atoms with E-state index in [4.69, 9.17) is 0 Å². The third kappa shape index (κ3) is 5.74. The smallest absolute Gasteiger partial charge is 0.273 e. The molecule has 0 radical (unpaired) electrons. The van der Waals surface area contributed by atoms with Crippen molar-refractivity contribution in [3.8, 4) is 0 Å². The predicted octanol–water partition coefficient (Wildman–Crippen LogP) is 3.53. The average molecular weight is 356 g/mol. The molecule has 0 spiro atoms. The molecule has 0 atom stereocenters. The van der Waals surface area contributed by atoms with E-state index >= 15 is 0 Å². The zero-order valence-electron chi connectivity index (χ0n) is 12.6. The third-order valence-corrected chi connectivity index (χ3v) is 2.76. The van der Waals surface area contributed by atoms with Crippen LogP contribution >= 0.6 is 0 Å². The van der Waals surface area contributed by atoms with E-state index < -0.39 is 40.9 Å². The molecule has 10 heteroatoms. The highest BCUT2D eigenvalue weighted by Crippen LogP contribution is 2.36. The van der Waals surface area contributed by atoms with Crippen molar-refractivity contribution in [2.24, 2.45) is 5.92 Å². The fraction of sp³-hybridized carbons (Fsp3) is 0.429. The van der Waals surface area contributed by atoms with Gasteiger partial charge in [-0.05, 0) is 24.1 Å². The standard InChI is InChI=1S/C14H14F6N2O2/c1-7(2)3-11(23)21-22-12(24)8-4-9(13(15,16)17)6-10(5-8)14(18,19)20/h4-7H,3H2,1-2H3,(H,21,23)(H,22,24). The Morgan fingerprint density at radius 2 is 1.38 bits per heavy atom. The fourth-order valence-corrected chi connectivity index (χ4v) is 1.71. The summed E-state index contributed by atoms with van der Waals surface area (Å²) in [6, 6.07) is 0.465. The van der Waals surface area contributed by atoms with Crippen LogP contribution in [0.1, 0.15) is 41.8 Å². The van der Waals surface area contributed by atoms with Gasteiger partial charge in [-0.25, -0.2) is 0 Å². The summed E-state index contributed by atoms with van der Waals surface area (Å²) >= 11 is 0. The van der Waals surface area contributed by atoms with Crippen LogP contribution in [0.4, 0.5) is 26.3 Å². The summed E-state index contributed by atoms with van der Waals surface area (Å²) in [7, 11) is 0. The summed E-state index contributed by atoms with van der Waals surface area (Å²) in [4.78, 5) is 23.1. The number of amides is 2. The van der Waals surface area contributed by atoms with Crippen molar-refractivity contribution in [2.45, 2.75) is 32.6 Å². The molecule has 2 N–H and O–H groups in total. The zero-order valence-corrected chi connectivity index (χ0v) is 12.6. The SMILES string of the molecule is CC(C)CC(=O)NNC(=O)c1cc(C(F)(F)F)cc(C(F)(F)F)c1. The number of nitrogens with one attached hydrogen (secondary N) is 2. The van der Waals surface area contributed by atoms with Gasteiger partial charge in [0.2, 0.25) is 5.91 Å². The zero-order chi connectivity index (χ0) is 18.7. The van der Waals surface area contributed by atoms with Crippen LogP contribution in [0.2, 0.25) is 0 Å². The summed E-state index contributed by atoms with van der Waals surface area (Å²) in [6.45, 7) is 3.42. The van der Waals surface area contributed by atoms with Crippen molar-refractivity contribution >= 4 is 11.8 Å². The minimum atomic E-state index is -5.06. The molecule has 0 aromatic heterocycles. The van der Waals surface area contributed by atoms with Gasteiger partial charge in [-0.3, -0.25) is 20.4 Å². The van der Waals surface area contributed by atoms with Crippen LogP contribution in [0.15, 0.2) is 18.2 Å². The van der Waals surface area contributed by atoms with Gasteiger partial charge in [-0.2, -0.15) is 26.3 Å². The molecule has 0 saturated carbocycles. The molecule has 24 heavy (non-hydrogen) atoms. The minimum Gasteiger partial charge on any atom is -0.273 e. The second kappa shape index (κ2) is 7.10. The molecule has 0 aliphatic rings. The number of hydrogen-bond donors (Lipinski definition) is 2. The van der Waals surface area contributed by atoms with E-state index in [0.29, 0.717) is 0 Å². The molecule has 1 aromatic rings. The first-order valence-corrected chi connectivity index (χ1v) is 6.69. The van der Waals surface area contributed by atoms with Crippen molar-refractivity contribution in [1.29, 1.82) is 0 Å². The molecular weight excluding hydrogens is 342 g/mol. The van der Waals surface area contributed by atoms with Crippen molar-refractivity contribution < 1.29 is 35.9 Å².